The molecule has 0 fully saturated rings. The van der Waals surface area contributed by atoms with Gasteiger partial charge in [0.2, 0.25) is 5.88 Å². The Morgan fingerprint density at radius 2 is 1.95 bits per heavy atom. The molecule has 2 N–H and O–H groups in total. The average molecular weight is 273 g/mol. The monoisotopic (exact) mass is 273 g/mol. The van der Waals surface area contributed by atoms with E-state index in [1.807, 2.05) is 31.2 Å². The minimum absolute atomic E-state index is 0.00430. The lowest BCUT2D eigenvalue weighted by Crippen LogP contribution is -2.32. The number of aromatic hydroxyl groups is 1. The summed E-state index contributed by atoms with van der Waals surface area (Å²) in [5.74, 6) is -0.395. The molecule has 0 unspecified atom stereocenters. The maximum Gasteiger partial charge on any atom is 0.330 e. The van der Waals surface area contributed by atoms with Crippen molar-refractivity contribution in [2.45, 2.75) is 13.8 Å². The second-order valence-corrected chi connectivity index (χ2v) is 4.50. The lowest BCUT2D eigenvalue weighted by molar-refractivity contribution is 0.416. The number of hydrogen-bond donors (Lipinski definition) is 2. The summed E-state index contributed by atoms with van der Waals surface area (Å²) in [4.78, 5) is 29.7. The molecule has 0 aliphatic carbocycles. The highest BCUT2D eigenvalue weighted by molar-refractivity contribution is 6.01. The van der Waals surface area contributed by atoms with Crippen LogP contribution in [0.15, 0.2) is 38.8 Å². The fourth-order valence-corrected chi connectivity index (χ4v) is 1.86. The lowest BCUT2D eigenvalue weighted by atomic mass is 10.2. The highest BCUT2D eigenvalue weighted by Gasteiger charge is 2.14. The van der Waals surface area contributed by atoms with Crippen molar-refractivity contribution in [2.24, 2.45) is 12.0 Å². The quantitative estimate of drug-likeness (QED) is 0.807. The van der Waals surface area contributed by atoms with E-state index in [2.05, 4.69) is 9.98 Å². The molecule has 0 spiro atoms. The average Bonchev–Trinajstić information content (AvgIpc) is 2.39. The molecule has 0 aliphatic heterocycles. The Hall–Kier alpha value is -2.63. The van der Waals surface area contributed by atoms with E-state index in [0.717, 1.165) is 10.1 Å². The van der Waals surface area contributed by atoms with Gasteiger partial charge in [0.05, 0.1) is 11.4 Å². The third-order valence-electron chi connectivity index (χ3n) is 3.06. The molecule has 0 saturated heterocycles. The zero-order valence-corrected chi connectivity index (χ0v) is 11.5. The van der Waals surface area contributed by atoms with Crippen molar-refractivity contribution >= 4 is 11.4 Å². The summed E-state index contributed by atoms with van der Waals surface area (Å²) in [5, 5.41) is 9.94. The van der Waals surface area contributed by atoms with Crippen molar-refractivity contribution in [1.29, 1.82) is 0 Å². The number of H-pyrrole nitrogens is 1. The van der Waals surface area contributed by atoms with Crippen LogP contribution in [0.3, 0.4) is 0 Å². The van der Waals surface area contributed by atoms with Gasteiger partial charge in [0.15, 0.2) is 0 Å². The molecule has 2 aromatic rings. The van der Waals surface area contributed by atoms with E-state index in [1.54, 1.807) is 6.92 Å². The third-order valence-corrected chi connectivity index (χ3v) is 3.06. The van der Waals surface area contributed by atoms with E-state index >= 15 is 0 Å². The number of aromatic nitrogens is 2. The van der Waals surface area contributed by atoms with E-state index in [1.165, 1.54) is 7.05 Å². The van der Waals surface area contributed by atoms with Gasteiger partial charge in [-0.15, -0.1) is 0 Å². The van der Waals surface area contributed by atoms with Crippen molar-refractivity contribution in [1.82, 2.24) is 9.55 Å². The number of nitrogens with zero attached hydrogens (tertiary/aromatic N) is 2. The smallest absolute Gasteiger partial charge is 0.330 e. The van der Waals surface area contributed by atoms with E-state index in [0.29, 0.717) is 11.4 Å². The predicted molar refractivity (Wildman–Crippen MR) is 77.0 cm³/mol. The Kier molecular flexibility index (Phi) is 3.56. The molecule has 104 valence electrons. The normalized spacial score (nSPS) is 11.7. The first-order chi connectivity index (χ1) is 9.41. The molecule has 0 atom stereocenters. The Balaban J connectivity index is 2.64. The molecule has 6 nitrogen and oxygen atoms in total. The minimum Gasteiger partial charge on any atom is -0.494 e. The Morgan fingerprint density at radius 1 is 1.30 bits per heavy atom. The van der Waals surface area contributed by atoms with Gasteiger partial charge in [-0.3, -0.25) is 19.3 Å². The SMILES string of the molecule is CC(=Nc1ccccc1C)c1c(O)n(C)c(=O)[nH]c1=O. The summed E-state index contributed by atoms with van der Waals surface area (Å²) in [6, 6.07) is 7.44. The molecule has 0 saturated carbocycles. The van der Waals surface area contributed by atoms with Gasteiger partial charge in [-0.25, -0.2) is 4.79 Å². The van der Waals surface area contributed by atoms with E-state index < -0.39 is 17.1 Å². The van der Waals surface area contributed by atoms with Crippen LogP contribution in [-0.4, -0.2) is 20.4 Å². The van der Waals surface area contributed by atoms with Gasteiger partial charge in [-0.05, 0) is 25.5 Å². The summed E-state index contributed by atoms with van der Waals surface area (Å²) < 4.78 is 0.966. The van der Waals surface area contributed by atoms with Crippen molar-refractivity contribution in [2.75, 3.05) is 0 Å². The molecule has 0 amide bonds. The summed E-state index contributed by atoms with van der Waals surface area (Å²) in [6.07, 6.45) is 0. The van der Waals surface area contributed by atoms with Crippen molar-refractivity contribution in [3.63, 3.8) is 0 Å². The molecule has 0 aliphatic rings. The fourth-order valence-electron chi connectivity index (χ4n) is 1.86. The zero-order chi connectivity index (χ0) is 14.9. The van der Waals surface area contributed by atoms with Gasteiger partial charge in [-0.1, -0.05) is 18.2 Å². The summed E-state index contributed by atoms with van der Waals surface area (Å²) in [6.45, 7) is 3.51. The molecule has 2 rings (SSSR count). The first-order valence-electron chi connectivity index (χ1n) is 6.05. The van der Waals surface area contributed by atoms with Crippen LogP contribution in [0, 0.1) is 6.92 Å². The summed E-state index contributed by atoms with van der Waals surface area (Å²) >= 11 is 0. The van der Waals surface area contributed by atoms with Crippen molar-refractivity contribution in [3.05, 3.63) is 56.2 Å². The Morgan fingerprint density at radius 3 is 2.60 bits per heavy atom. The first kappa shape index (κ1) is 13.8. The molecule has 6 heteroatoms. The molecule has 1 aromatic heterocycles. The molecule has 20 heavy (non-hydrogen) atoms. The largest absolute Gasteiger partial charge is 0.494 e. The number of aromatic amines is 1. The lowest BCUT2D eigenvalue weighted by Gasteiger charge is -2.07. The van der Waals surface area contributed by atoms with Crippen LogP contribution in [0.25, 0.3) is 0 Å². The summed E-state index contributed by atoms with van der Waals surface area (Å²) in [5.41, 5.74) is 0.676. The van der Waals surface area contributed by atoms with Gasteiger partial charge < -0.3 is 5.11 Å². The van der Waals surface area contributed by atoms with Gasteiger partial charge >= 0.3 is 5.69 Å². The first-order valence-corrected chi connectivity index (χ1v) is 6.05. The highest BCUT2D eigenvalue weighted by Crippen LogP contribution is 2.19. The van der Waals surface area contributed by atoms with E-state index in [-0.39, 0.29) is 5.56 Å². The van der Waals surface area contributed by atoms with Crippen LogP contribution in [-0.2, 0) is 7.05 Å². The molecule has 0 radical (unpaired) electrons. The highest BCUT2D eigenvalue weighted by atomic mass is 16.3. The number of benzene rings is 1. The Labute approximate surface area is 115 Å². The van der Waals surface area contributed by atoms with E-state index in [9.17, 15) is 14.7 Å². The predicted octanol–water partition coefficient (Wildman–Crippen LogP) is 1.23. The number of rotatable bonds is 2. The second-order valence-electron chi connectivity index (χ2n) is 4.50. The molecular formula is C14H15N3O3. The van der Waals surface area contributed by atoms with Gasteiger partial charge in [-0.2, -0.15) is 0 Å². The number of nitrogens with one attached hydrogen (secondary N) is 1. The van der Waals surface area contributed by atoms with Crippen molar-refractivity contribution < 1.29 is 5.11 Å². The van der Waals surface area contributed by atoms with E-state index in [4.69, 9.17) is 0 Å². The number of aryl methyl sites for hydroxylation is 1. The number of hydrogen-bond acceptors (Lipinski definition) is 4. The minimum atomic E-state index is -0.667. The van der Waals surface area contributed by atoms with Crippen LogP contribution in [0.5, 0.6) is 5.88 Å². The molecule has 1 aromatic carbocycles. The standard InChI is InChI=1S/C14H15N3O3/c1-8-6-4-5-7-10(8)15-9(2)11-12(18)16-14(20)17(3)13(11)19/h4-7,19H,1-3H3,(H,16,18,20). The van der Waals surface area contributed by atoms with Crippen LogP contribution in [0.2, 0.25) is 0 Å². The fraction of sp³-hybridized carbons (Fsp3) is 0.214. The van der Waals surface area contributed by atoms with Gasteiger partial charge in [0, 0.05) is 7.05 Å². The molecule has 0 bridgehead atoms. The van der Waals surface area contributed by atoms with Crippen LogP contribution in [0.4, 0.5) is 5.69 Å². The zero-order valence-electron chi connectivity index (χ0n) is 11.5. The van der Waals surface area contributed by atoms with Gasteiger partial charge in [0.25, 0.3) is 5.56 Å². The molecular weight excluding hydrogens is 258 g/mol. The van der Waals surface area contributed by atoms with Crippen LogP contribution < -0.4 is 11.2 Å². The second kappa shape index (κ2) is 5.16. The van der Waals surface area contributed by atoms with Crippen LogP contribution in [0.1, 0.15) is 18.1 Å². The third kappa shape index (κ3) is 2.40. The Bertz CT molecular complexity index is 800. The summed E-state index contributed by atoms with van der Waals surface area (Å²) in [7, 11) is 1.37. The van der Waals surface area contributed by atoms with Crippen LogP contribution >= 0.6 is 0 Å². The number of para-hydroxylation sites is 1. The van der Waals surface area contributed by atoms with Gasteiger partial charge in [0.1, 0.15) is 5.56 Å². The molecule has 1 heterocycles. The maximum atomic E-state index is 11.8. The van der Waals surface area contributed by atoms with Crippen molar-refractivity contribution in [3.8, 4) is 5.88 Å². The topological polar surface area (TPSA) is 87.4 Å². The maximum absolute atomic E-state index is 11.8. The number of aliphatic imine (C=N–C) groups is 1.